The van der Waals surface area contributed by atoms with Gasteiger partial charge in [-0.2, -0.15) is 0 Å². The molecule has 0 bridgehead atoms. The molecule has 1 atom stereocenters. The lowest BCUT2D eigenvalue weighted by Gasteiger charge is -2.16. The van der Waals surface area contributed by atoms with Gasteiger partial charge in [0.1, 0.15) is 0 Å². The van der Waals surface area contributed by atoms with E-state index in [-0.39, 0.29) is 30.1 Å². The maximum Gasteiger partial charge on any atom is 0.227 e. The molecule has 1 saturated heterocycles. The zero-order valence-corrected chi connectivity index (χ0v) is 12.0. The molecule has 0 unspecified atom stereocenters. The summed E-state index contributed by atoms with van der Waals surface area (Å²) in [5.74, 6) is -0.652. The molecule has 6 heteroatoms. The summed E-state index contributed by atoms with van der Waals surface area (Å²) >= 11 is 0. The number of anilines is 1. The molecule has 0 radical (unpaired) electrons. The number of para-hydroxylation sites is 1. The molecule has 1 aliphatic heterocycles. The molecule has 2 rings (SSSR count). The van der Waals surface area contributed by atoms with E-state index in [1.165, 1.54) is 6.92 Å². The molecule has 6 nitrogen and oxygen atoms in total. The Morgan fingerprint density at radius 3 is 2.52 bits per heavy atom. The van der Waals surface area contributed by atoms with Gasteiger partial charge in [-0.05, 0) is 12.1 Å². The lowest BCUT2D eigenvalue weighted by molar-refractivity contribution is -0.126. The monoisotopic (exact) mass is 289 g/mol. The van der Waals surface area contributed by atoms with Crippen LogP contribution in [0.2, 0.25) is 0 Å². The van der Waals surface area contributed by atoms with Crippen LogP contribution in [-0.4, -0.2) is 37.4 Å². The first-order valence-electron chi connectivity index (χ1n) is 6.95. The summed E-state index contributed by atoms with van der Waals surface area (Å²) in [4.78, 5) is 36.4. The topological polar surface area (TPSA) is 78.5 Å². The molecule has 0 saturated carbocycles. The summed E-state index contributed by atoms with van der Waals surface area (Å²) in [5, 5.41) is 5.34. The van der Waals surface area contributed by atoms with Gasteiger partial charge < -0.3 is 15.5 Å². The molecular weight excluding hydrogens is 270 g/mol. The summed E-state index contributed by atoms with van der Waals surface area (Å²) in [5.41, 5.74) is 0.816. The number of nitrogens with zero attached hydrogens (tertiary/aromatic N) is 1. The predicted molar refractivity (Wildman–Crippen MR) is 78.6 cm³/mol. The molecule has 1 aliphatic rings. The van der Waals surface area contributed by atoms with Gasteiger partial charge in [-0.25, -0.2) is 0 Å². The summed E-state index contributed by atoms with van der Waals surface area (Å²) in [6.45, 7) is 2.59. The Hall–Kier alpha value is -2.37. The van der Waals surface area contributed by atoms with Crippen molar-refractivity contribution in [2.75, 3.05) is 24.5 Å². The third-order valence-electron chi connectivity index (χ3n) is 3.36. The summed E-state index contributed by atoms with van der Waals surface area (Å²) < 4.78 is 0. The average Bonchev–Trinajstić information content (AvgIpc) is 2.86. The van der Waals surface area contributed by atoms with Crippen molar-refractivity contribution in [3.8, 4) is 0 Å². The fraction of sp³-hybridized carbons (Fsp3) is 0.400. The molecule has 21 heavy (non-hydrogen) atoms. The van der Waals surface area contributed by atoms with Crippen molar-refractivity contribution < 1.29 is 14.4 Å². The molecule has 1 fully saturated rings. The van der Waals surface area contributed by atoms with Gasteiger partial charge in [0.2, 0.25) is 17.7 Å². The van der Waals surface area contributed by atoms with E-state index in [1.54, 1.807) is 4.90 Å². The van der Waals surface area contributed by atoms with Crippen molar-refractivity contribution in [2.24, 2.45) is 5.92 Å². The second-order valence-electron chi connectivity index (χ2n) is 5.01. The van der Waals surface area contributed by atoms with Crippen molar-refractivity contribution >= 4 is 23.4 Å². The predicted octanol–water partition coefficient (Wildman–Crippen LogP) is 0.292. The van der Waals surface area contributed by atoms with E-state index < -0.39 is 0 Å². The number of carbonyl (C=O) groups is 3. The Balaban J connectivity index is 1.84. The fourth-order valence-corrected chi connectivity index (χ4v) is 2.31. The molecule has 0 aromatic heterocycles. The molecular formula is C15H19N3O3. The molecule has 1 aromatic rings. The smallest absolute Gasteiger partial charge is 0.227 e. The quantitative estimate of drug-likeness (QED) is 0.765. The van der Waals surface area contributed by atoms with E-state index in [0.29, 0.717) is 19.6 Å². The summed E-state index contributed by atoms with van der Waals surface area (Å²) in [6, 6.07) is 9.33. The molecule has 112 valence electrons. The van der Waals surface area contributed by atoms with Gasteiger partial charge in [0.25, 0.3) is 0 Å². The van der Waals surface area contributed by atoms with Crippen LogP contribution in [0.5, 0.6) is 0 Å². The standard InChI is InChI=1S/C15H19N3O3/c1-11(19)16-7-8-17-15(21)12-9-14(20)18(10-12)13-5-3-2-4-6-13/h2-6,12H,7-10H2,1H3,(H,16,19)(H,17,21)/t12-/m1/s1. The second-order valence-corrected chi connectivity index (χ2v) is 5.01. The van der Waals surface area contributed by atoms with E-state index in [2.05, 4.69) is 10.6 Å². The van der Waals surface area contributed by atoms with E-state index in [1.807, 2.05) is 30.3 Å². The Kier molecular flexibility index (Phi) is 4.92. The van der Waals surface area contributed by atoms with Crippen LogP contribution in [0.15, 0.2) is 30.3 Å². The molecule has 3 amide bonds. The number of carbonyl (C=O) groups excluding carboxylic acids is 3. The van der Waals surface area contributed by atoms with Gasteiger partial charge in [0.15, 0.2) is 0 Å². The Morgan fingerprint density at radius 2 is 1.86 bits per heavy atom. The Morgan fingerprint density at radius 1 is 1.19 bits per heavy atom. The third kappa shape index (κ3) is 4.05. The zero-order chi connectivity index (χ0) is 15.2. The van der Waals surface area contributed by atoms with Crippen molar-refractivity contribution in [3.63, 3.8) is 0 Å². The molecule has 1 aromatic carbocycles. The molecule has 2 N–H and O–H groups in total. The van der Waals surface area contributed by atoms with Crippen LogP contribution >= 0.6 is 0 Å². The first-order chi connectivity index (χ1) is 10.1. The number of rotatable bonds is 5. The van der Waals surface area contributed by atoms with Gasteiger partial charge in [0.05, 0.1) is 5.92 Å². The minimum Gasteiger partial charge on any atom is -0.355 e. The highest BCUT2D eigenvalue weighted by Gasteiger charge is 2.34. The summed E-state index contributed by atoms with van der Waals surface area (Å²) in [6.07, 6.45) is 0.223. The van der Waals surface area contributed by atoms with Crippen LogP contribution in [0, 0.1) is 5.92 Å². The SMILES string of the molecule is CC(=O)NCCNC(=O)[C@@H]1CC(=O)N(c2ccccc2)C1. The van der Waals surface area contributed by atoms with Gasteiger partial charge in [-0.3, -0.25) is 14.4 Å². The first-order valence-corrected chi connectivity index (χ1v) is 6.95. The van der Waals surface area contributed by atoms with Crippen molar-refractivity contribution in [3.05, 3.63) is 30.3 Å². The highest BCUT2D eigenvalue weighted by atomic mass is 16.2. The lowest BCUT2D eigenvalue weighted by atomic mass is 10.1. The maximum absolute atomic E-state index is 12.0. The second kappa shape index (κ2) is 6.88. The first kappa shape index (κ1) is 15.0. The van der Waals surface area contributed by atoms with Crippen LogP contribution < -0.4 is 15.5 Å². The Labute approximate surface area is 123 Å². The highest BCUT2D eigenvalue weighted by Crippen LogP contribution is 2.24. The van der Waals surface area contributed by atoms with E-state index >= 15 is 0 Å². The maximum atomic E-state index is 12.0. The lowest BCUT2D eigenvalue weighted by Crippen LogP contribution is -2.37. The van der Waals surface area contributed by atoms with E-state index in [4.69, 9.17) is 0 Å². The Bertz CT molecular complexity index is 530. The van der Waals surface area contributed by atoms with Crippen molar-refractivity contribution in [2.45, 2.75) is 13.3 Å². The summed E-state index contributed by atoms with van der Waals surface area (Å²) in [7, 11) is 0. The van der Waals surface area contributed by atoms with Gasteiger partial charge in [0, 0.05) is 38.7 Å². The van der Waals surface area contributed by atoms with E-state index in [9.17, 15) is 14.4 Å². The molecule has 0 spiro atoms. The normalized spacial score (nSPS) is 17.7. The van der Waals surface area contributed by atoms with E-state index in [0.717, 1.165) is 5.69 Å². The molecule has 1 heterocycles. The van der Waals surface area contributed by atoms with Crippen LogP contribution in [0.3, 0.4) is 0 Å². The third-order valence-corrected chi connectivity index (χ3v) is 3.36. The number of hydrogen-bond donors (Lipinski definition) is 2. The van der Waals surface area contributed by atoms with Crippen LogP contribution in [0.4, 0.5) is 5.69 Å². The van der Waals surface area contributed by atoms with Gasteiger partial charge >= 0.3 is 0 Å². The fourth-order valence-electron chi connectivity index (χ4n) is 2.31. The highest BCUT2D eigenvalue weighted by molar-refractivity contribution is 6.00. The van der Waals surface area contributed by atoms with Gasteiger partial charge in [-0.15, -0.1) is 0 Å². The largest absolute Gasteiger partial charge is 0.355 e. The number of benzene rings is 1. The minimum atomic E-state index is -0.338. The molecule has 0 aliphatic carbocycles. The average molecular weight is 289 g/mol. The zero-order valence-electron chi connectivity index (χ0n) is 12.0. The number of hydrogen-bond acceptors (Lipinski definition) is 3. The minimum absolute atomic E-state index is 0.0387. The van der Waals surface area contributed by atoms with Crippen molar-refractivity contribution in [1.29, 1.82) is 0 Å². The van der Waals surface area contributed by atoms with Crippen LogP contribution in [0.1, 0.15) is 13.3 Å². The number of amides is 3. The van der Waals surface area contributed by atoms with Gasteiger partial charge in [-0.1, -0.05) is 18.2 Å². The van der Waals surface area contributed by atoms with Crippen LogP contribution in [-0.2, 0) is 14.4 Å². The van der Waals surface area contributed by atoms with Crippen molar-refractivity contribution in [1.82, 2.24) is 10.6 Å². The van der Waals surface area contributed by atoms with Crippen LogP contribution in [0.25, 0.3) is 0 Å². The number of nitrogens with one attached hydrogen (secondary N) is 2.